The van der Waals surface area contributed by atoms with Gasteiger partial charge in [0.1, 0.15) is 13.2 Å². The van der Waals surface area contributed by atoms with Crippen LogP contribution in [-0.4, -0.2) is 37.2 Å². The van der Waals surface area contributed by atoms with Crippen molar-refractivity contribution in [3.05, 3.63) is 97.2 Å². The van der Waals surface area contributed by atoms with Crippen LogP contribution in [0.1, 0.15) is 252 Å². The first-order chi connectivity index (χ1) is 33.0. The Hall–Kier alpha value is -3.67. The summed E-state index contributed by atoms with van der Waals surface area (Å²) in [7, 11) is 0. The molecule has 67 heavy (non-hydrogen) atoms. The SMILES string of the molecule is CC/C=C\C/C=C\C/C=C\C/C=C\C/C=C\C/C=C\CCCCCCCCC(=O)OCC(COC(=O)CCCCCCCCCCC)OC(=O)CCCCCCC/C=C\C/C=C\CCCCC. The molecular weight excluding hydrogens is 829 g/mol. The van der Waals surface area contributed by atoms with Crippen molar-refractivity contribution in [1.82, 2.24) is 0 Å². The van der Waals surface area contributed by atoms with Crippen LogP contribution in [0.3, 0.4) is 0 Å². The third-order valence-electron chi connectivity index (χ3n) is 11.6. The molecule has 6 nitrogen and oxygen atoms in total. The van der Waals surface area contributed by atoms with E-state index in [9.17, 15) is 14.4 Å². The molecule has 1 unspecified atom stereocenters. The van der Waals surface area contributed by atoms with Gasteiger partial charge in [-0.15, -0.1) is 0 Å². The number of unbranched alkanes of at least 4 members (excludes halogenated alkanes) is 22. The van der Waals surface area contributed by atoms with Crippen molar-refractivity contribution < 1.29 is 28.6 Å². The minimum Gasteiger partial charge on any atom is -0.462 e. The molecule has 0 radical (unpaired) electrons. The van der Waals surface area contributed by atoms with E-state index in [1.807, 2.05) is 0 Å². The van der Waals surface area contributed by atoms with E-state index < -0.39 is 6.10 Å². The van der Waals surface area contributed by atoms with E-state index in [0.29, 0.717) is 19.3 Å². The van der Waals surface area contributed by atoms with E-state index in [4.69, 9.17) is 14.2 Å². The third kappa shape index (κ3) is 53.2. The van der Waals surface area contributed by atoms with Crippen LogP contribution in [0.5, 0.6) is 0 Å². The molecule has 6 heteroatoms. The molecule has 0 rings (SSSR count). The number of allylic oxidation sites excluding steroid dienone is 16. The predicted octanol–water partition coefficient (Wildman–Crippen LogP) is 18.5. The van der Waals surface area contributed by atoms with Crippen molar-refractivity contribution in [2.24, 2.45) is 0 Å². The highest BCUT2D eigenvalue weighted by atomic mass is 16.6. The molecule has 0 aliphatic heterocycles. The number of esters is 3. The predicted molar refractivity (Wildman–Crippen MR) is 288 cm³/mol. The van der Waals surface area contributed by atoms with Gasteiger partial charge >= 0.3 is 17.9 Å². The van der Waals surface area contributed by atoms with Crippen LogP contribution in [0.2, 0.25) is 0 Å². The first-order valence-corrected chi connectivity index (χ1v) is 27.7. The van der Waals surface area contributed by atoms with Gasteiger partial charge in [-0.3, -0.25) is 14.4 Å². The van der Waals surface area contributed by atoms with Gasteiger partial charge in [0.25, 0.3) is 0 Å². The monoisotopic (exact) mass is 931 g/mol. The van der Waals surface area contributed by atoms with Crippen LogP contribution in [0.4, 0.5) is 0 Å². The molecule has 0 aliphatic rings. The summed E-state index contributed by atoms with van der Waals surface area (Å²) in [6, 6.07) is 0. The topological polar surface area (TPSA) is 78.9 Å². The fraction of sp³-hybridized carbons (Fsp3) is 0.689. The third-order valence-corrected chi connectivity index (χ3v) is 11.6. The van der Waals surface area contributed by atoms with E-state index in [1.54, 1.807) is 0 Å². The fourth-order valence-corrected chi connectivity index (χ4v) is 7.42. The molecular formula is C61H102O6. The summed E-state index contributed by atoms with van der Waals surface area (Å²) in [6.45, 7) is 6.45. The second kappa shape index (κ2) is 54.9. The molecule has 0 aromatic rings. The number of carbonyl (C=O) groups excluding carboxylic acids is 3. The summed E-state index contributed by atoms with van der Waals surface area (Å²) in [5, 5.41) is 0. The average molecular weight is 931 g/mol. The van der Waals surface area contributed by atoms with Gasteiger partial charge in [0.05, 0.1) is 0 Å². The zero-order chi connectivity index (χ0) is 48.6. The smallest absolute Gasteiger partial charge is 0.306 e. The molecule has 0 N–H and O–H groups in total. The van der Waals surface area contributed by atoms with Gasteiger partial charge in [-0.2, -0.15) is 0 Å². The van der Waals surface area contributed by atoms with E-state index in [0.717, 1.165) is 135 Å². The lowest BCUT2D eigenvalue weighted by molar-refractivity contribution is -0.167. The Morgan fingerprint density at radius 3 is 0.940 bits per heavy atom. The minimum absolute atomic E-state index is 0.0873. The van der Waals surface area contributed by atoms with Crippen molar-refractivity contribution in [3.8, 4) is 0 Å². The maximum atomic E-state index is 12.8. The Bertz CT molecular complexity index is 1350. The second-order valence-corrected chi connectivity index (χ2v) is 18.1. The number of ether oxygens (including phenoxy) is 3. The van der Waals surface area contributed by atoms with Gasteiger partial charge in [-0.1, -0.05) is 227 Å². The van der Waals surface area contributed by atoms with Crippen molar-refractivity contribution in [3.63, 3.8) is 0 Å². The van der Waals surface area contributed by atoms with Crippen molar-refractivity contribution in [1.29, 1.82) is 0 Å². The van der Waals surface area contributed by atoms with E-state index in [2.05, 4.69) is 118 Å². The molecule has 0 spiro atoms. The average Bonchev–Trinajstić information content (AvgIpc) is 3.33. The van der Waals surface area contributed by atoms with Crippen LogP contribution in [-0.2, 0) is 28.6 Å². The molecule has 0 aromatic carbocycles. The van der Waals surface area contributed by atoms with Gasteiger partial charge in [-0.25, -0.2) is 0 Å². The van der Waals surface area contributed by atoms with Gasteiger partial charge in [0, 0.05) is 19.3 Å². The minimum atomic E-state index is -0.789. The second-order valence-electron chi connectivity index (χ2n) is 18.1. The van der Waals surface area contributed by atoms with Crippen molar-refractivity contribution in [2.45, 2.75) is 258 Å². The highest BCUT2D eigenvalue weighted by Crippen LogP contribution is 2.14. The molecule has 0 aliphatic carbocycles. The van der Waals surface area contributed by atoms with Crippen LogP contribution in [0.15, 0.2) is 97.2 Å². The van der Waals surface area contributed by atoms with E-state index in [-0.39, 0.29) is 31.1 Å². The summed E-state index contributed by atoms with van der Waals surface area (Å²) < 4.78 is 16.8. The largest absolute Gasteiger partial charge is 0.462 e. The van der Waals surface area contributed by atoms with Crippen molar-refractivity contribution >= 4 is 17.9 Å². The Kier molecular flexibility index (Phi) is 51.9. The quantitative estimate of drug-likeness (QED) is 0.0262. The van der Waals surface area contributed by atoms with Gasteiger partial charge in [0.15, 0.2) is 6.10 Å². The Morgan fingerprint density at radius 1 is 0.313 bits per heavy atom. The van der Waals surface area contributed by atoms with E-state index in [1.165, 1.54) is 77.0 Å². The van der Waals surface area contributed by atoms with E-state index >= 15 is 0 Å². The summed E-state index contributed by atoms with van der Waals surface area (Å²) in [5.74, 6) is -0.919. The maximum Gasteiger partial charge on any atom is 0.306 e. The van der Waals surface area contributed by atoms with Crippen LogP contribution < -0.4 is 0 Å². The summed E-state index contributed by atoms with van der Waals surface area (Å²) in [5.41, 5.74) is 0. The van der Waals surface area contributed by atoms with Crippen LogP contribution in [0, 0.1) is 0 Å². The lowest BCUT2D eigenvalue weighted by Crippen LogP contribution is -2.30. The standard InChI is InChI=1S/C61H102O6/c1-4-7-10-13-16-19-21-23-25-26-27-28-29-30-31-32-33-34-36-37-39-42-45-48-51-54-60(63)66-57-58(56-65-59(62)53-50-47-44-41-18-15-12-9-6-3)67-61(64)55-52-49-46-43-40-38-35-24-22-20-17-14-11-8-5-2/h7,10,16-17,19-20,23-25,27-28,30-31,33-35,58H,4-6,8-9,11-15,18,21-22,26,29,32,36-57H2,1-3H3/b10-7-,19-16-,20-17-,25-23-,28-27-,31-30-,34-33-,35-24-. The first kappa shape index (κ1) is 63.3. The molecule has 1 atom stereocenters. The van der Waals surface area contributed by atoms with Gasteiger partial charge < -0.3 is 14.2 Å². The van der Waals surface area contributed by atoms with Crippen molar-refractivity contribution in [2.75, 3.05) is 13.2 Å². The molecule has 0 saturated heterocycles. The van der Waals surface area contributed by atoms with Crippen LogP contribution in [0.25, 0.3) is 0 Å². The number of hydrogen-bond acceptors (Lipinski definition) is 6. The number of rotatable bonds is 49. The lowest BCUT2D eigenvalue weighted by Gasteiger charge is -2.18. The molecule has 0 saturated carbocycles. The zero-order valence-electron chi connectivity index (χ0n) is 43.6. The summed E-state index contributed by atoms with van der Waals surface area (Å²) in [6.07, 6.45) is 72.5. The highest BCUT2D eigenvalue weighted by molar-refractivity contribution is 5.71. The molecule has 0 heterocycles. The maximum absolute atomic E-state index is 12.8. The number of hydrogen-bond donors (Lipinski definition) is 0. The molecule has 0 aromatic heterocycles. The first-order valence-electron chi connectivity index (χ1n) is 27.7. The highest BCUT2D eigenvalue weighted by Gasteiger charge is 2.19. The molecule has 382 valence electrons. The Morgan fingerprint density at radius 2 is 0.582 bits per heavy atom. The molecule has 0 amide bonds. The van der Waals surface area contributed by atoms with Crippen LogP contribution >= 0.6 is 0 Å². The Balaban J connectivity index is 4.32. The summed E-state index contributed by atoms with van der Waals surface area (Å²) in [4.78, 5) is 38.0. The normalized spacial score (nSPS) is 12.8. The van der Waals surface area contributed by atoms with Gasteiger partial charge in [-0.05, 0) is 103 Å². The zero-order valence-corrected chi connectivity index (χ0v) is 43.6. The van der Waals surface area contributed by atoms with Gasteiger partial charge in [0.2, 0.25) is 0 Å². The lowest BCUT2D eigenvalue weighted by atomic mass is 10.1. The molecule has 0 bridgehead atoms. The Labute approximate surface area is 413 Å². The molecule has 0 fully saturated rings. The fourth-order valence-electron chi connectivity index (χ4n) is 7.42. The summed E-state index contributed by atoms with van der Waals surface area (Å²) >= 11 is 0. The number of carbonyl (C=O) groups is 3.